The first-order valence-electron chi connectivity index (χ1n) is 5.70. The number of benzene rings is 1. The zero-order valence-corrected chi connectivity index (χ0v) is 12.3. The SMILES string of the molecule is Br.CCCCCC(=O)c1nc2ccccc2s1. The van der Waals surface area contributed by atoms with Crippen molar-refractivity contribution < 1.29 is 4.79 Å². The van der Waals surface area contributed by atoms with E-state index in [-0.39, 0.29) is 22.8 Å². The lowest BCUT2D eigenvalue weighted by Gasteiger charge is -1.94. The zero-order chi connectivity index (χ0) is 11.4. The molecule has 0 spiro atoms. The number of rotatable bonds is 5. The number of hydrogen-bond acceptors (Lipinski definition) is 3. The number of para-hydroxylation sites is 1. The molecule has 1 aromatic carbocycles. The van der Waals surface area contributed by atoms with Crippen molar-refractivity contribution >= 4 is 44.3 Å². The number of nitrogens with zero attached hydrogens (tertiary/aromatic N) is 1. The molecule has 0 atom stereocenters. The Morgan fingerprint density at radius 1 is 1.29 bits per heavy atom. The standard InChI is InChI=1S/C13H15NOS.BrH/c1-2-3-4-8-11(15)13-14-10-7-5-6-9-12(10)16-13;/h5-7,9H,2-4,8H2,1H3;1H. The minimum Gasteiger partial charge on any atom is -0.292 e. The van der Waals surface area contributed by atoms with Gasteiger partial charge in [-0.15, -0.1) is 28.3 Å². The van der Waals surface area contributed by atoms with E-state index in [9.17, 15) is 4.79 Å². The Bertz CT molecular complexity index is 462. The predicted octanol–water partition coefficient (Wildman–Crippen LogP) is 4.64. The molecule has 0 aliphatic heterocycles. The molecule has 0 amide bonds. The summed E-state index contributed by atoms with van der Waals surface area (Å²) in [7, 11) is 0. The largest absolute Gasteiger partial charge is 0.292 e. The Labute approximate surface area is 116 Å². The summed E-state index contributed by atoms with van der Waals surface area (Å²) in [4.78, 5) is 16.2. The molecule has 0 fully saturated rings. The van der Waals surface area contributed by atoms with Crippen LogP contribution in [0, 0.1) is 0 Å². The Morgan fingerprint density at radius 3 is 2.76 bits per heavy atom. The van der Waals surface area contributed by atoms with Gasteiger partial charge in [0, 0.05) is 6.42 Å². The highest BCUT2D eigenvalue weighted by atomic mass is 79.9. The minimum atomic E-state index is 0. The molecule has 0 saturated heterocycles. The van der Waals surface area contributed by atoms with Gasteiger partial charge in [0.1, 0.15) is 0 Å². The van der Waals surface area contributed by atoms with Crippen LogP contribution in [0.4, 0.5) is 0 Å². The number of thiazole rings is 1. The normalized spacial score (nSPS) is 10.2. The van der Waals surface area contributed by atoms with Crippen LogP contribution in [0.25, 0.3) is 10.2 Å². The van der Waals surface area contributed by atoms with Crippen molar-refractivity contribution in [2.75, 3.05) is 0 Å². The Morgan fingerprint density at radius 2 is 2.06 bits per heavy atom. The van der Waals surface area contributed by atoms with Gasteiger partial charge in [0.2, 0.25) is 0 Å². The van der Waals surface area contributed by atoms with Gasteiger partial charge in [0.15, 0.2) is 10.8 Å². The lowest BCUT2D eigenvalue weighted by atomic mass is 10.1. The second kappa shape index (κ2) is 6.87. The molecule has 4 heteroatoms. The van der Waals surface area contributed by atoms with Gasteiger partial charge in [0.25, 0.3) is 0 Å². The van der Waals surface area contributed by atoms with Crippen LogP contribution >= 0.6 is 28.3 Å². The van der Waals surface area contributed by atoms with Gasteiger partial charge in [-0.1, -0.05) is 31.9 Å². The molecule has 2 aromatic rings. The number of ketones is 1. The molecule has 1 heterocycles. The highest BCUT2D eigenvalue weighted by Gasteiger charge is 2.11. The van der Waals surface area contributed by atoms with E-state index in [0.717, 1.165) is 29.5 Å². The van der Waals surface area contributed by atoms with Crippen LogP contribution in [-0.2, 0) is 0 Å². The Balaban J connectivity index is 0.00000144. The van der Waals surface area contributed by atoms with E-state index < -0.39 is 0 Å². The van der Waals surface area contributed by atoms with Crippen LogP contribution in [0.15, 0.2) is 24.3 Å². The van der Waals surface area contributed by atoms with Crippen molar-refractivity contribution in [3.8, 4) is 0 Å². The van der Waals surface area contributed by atoms with Gasteiger partial charge in [0.05, 0.1) is 10.2 Å². The zero-order valence-electron chi connectivity index (χ0n) is 9.81. The number of hydrogen-bond donors (Lipinski definition) is 0. The summed E-state index contributed by atoms with van der Waals surface area (Å²) in [6.07, 6.45) is 3.88. The number of carbonyl (C=O) groups is 1. The van der Waals surface area contributed by atoms with Gasteiger partial charge in [-0.2, -0.15) is 0 Å². The van der Waals surface area contributed by atoms with Crippen molar-refractivity contribution in [1.29, 1.82) is 0 Å². The van der Waals surface area contributed by atoms with Crippen molar-refractivity contribution in [2.45, 2.75) is 32.6 Å². The van der Waals surface area contributed by atoms with Crippen LogP contribution < -0.4 is 0 Å². The summed E-state index contributed by atoms with van der Waals surface area (Å²) >= 11 is 1.50. The summed E-state index contributed by atoms with van der Waals surface area (Å²) in [5, 5.41) is 0.664. The average molecular weight is 314 g/mol. The molecule has 2 nitrogen and oxygen atoms in total. The fraction of sp³-hybridized carbons (Fsp3) is 0.385. The third kappa shape index (κ3) is 3.61. The van der Waals surface area contributed by atoms with E-state index in [1.807, 2.05) is 24.3 Å². The lowest BCUT2D eigenvalue weighted by Crippen LogP contribution is -1.97. The van der Waals surface area contributed by atoms with Crippen LogP contribution in [-0.4, -0.2) is 10.8 Å². The second-order valence-electron chi connectivity index (χ2n) is 3.87. The van der Waals surface area contributed by atoms with Crippen molar-refractivity contribution in [3.05, 3.63) is 29.3 Å². The molecule has 0 bridgehead atoms. The smallest absolute Gasteiger partial charge is 0.191 e. The number of halogens is 1. The summed E-state index contributed by atoms with van der Waals surface area (Å²) < 4.78 is 1.10. The van der Waals surface area contributed by atoms with Crippen LogP contribution in [0.5, 0.6) is 0 Å². The number of fused-ring (bicyclic) bond motifs is 1. The van der Waals surface area contributed by atoms with E-state index in [2.05, 4.69) is 11.9 Å². The maximum Gasteiger partial charge on any atom is 0.191 e. The van der Waals surface area contributed by atoms with Crippen molar-refractivity contribution in [2.24, 2.45) is 0 Å². The lowest BCUT2D eigenvalue weighted by molar-refractivity contribution is 0.0979. The molecule has 92 valence electrons. The molecule has 2 rings (SSSR count). The number of carbonyl (C=O) groups excluding carboxylic acids is 1. The van der Waals surface area contributed by atoms with Gasteiger partial charge in [-0.05, 0) is 18.6 Å². The quantitative estimate of drug-likeness (QED) is 0.594. The predicted molar refractivity (Wildman–Crippen MR) is 78.4 cm³/mol. The van der Waals surface area contributed by atoms with E-state index in [4.69, 9.17) is 0 Å². The highest BCUT2D eigenvalue weighted by Crippen LogP contribution is 2.22. The molecular weight excluding hydrogens is 298 g/mol. The average Bonchev–Trinajstić information content (AvgIpc) is 2.73. The molecule has 0 aliphatic carbocycles. The second-order valence-corrected chi connectivity index (χ2v) is 4.90. The molecule has 1 aromatic heterocycles. The van der Waals surface area contributed by atoms with Crippen LogP contribution in [0.2, 0.25) is 0 Å². The van der Waals surface area contributed by atoms with Gasteiger partial charge >= 0.3 is 0 Å². The molecule has 0 saturated carbocycles. The molecule has 0 unspecified atom stereocenters. The monoisotopic (exact) mass is 313 g/mol. The first-order chi connectivity index (χ1) is 7.81. The number of unbranched alkanes of at least 4 members (excludes halogenated alkanes) is 2. The molecule has 0 aliphatic rings. The summed E-state index contributed by atoms with van der Waals surface area (Å²) in [6.45, 7) is 2.14. The number of Topliss-reactive ketones (excluding diaryl/α,β-unsaturated/α-hetero) is 1. The molecule has 0 N–H and O–H groups in total. The topological polar surface area (TPSA) is 30.0 Å². The Kier molecular flexibility index (Phi) is 5.78. The fourth-order valence-electron chi connectivity index (χ4n) is 1.63. The molecule has 0 radical (unpaired) electrons. The van der Waals surface area contributed by atoms with Crippen LogP contribution in [0.1, 0.15) is 42.4 Å². The maximum absolute atomic E-state index is 11.8. The highest BCUT2D eigenvalue weighted by molar-refractivity contribution is 8.93. The third-order valence-corrected chi connectivity index (χ3v) is 3.62. The molecular formula is C13H16BrNOS. The van der Waals surface area contributed by atoms with E-state index >= 15 is 0 Å². The van der Waals surface area contributed by atoms with Crippen molar-refractivity contribution in [3.63, 3.8) is 0 Å². The van der Waals surface area contributed by atoms with Crippen molar-refractivity contribution in [1.82, 2.24) is 4.98 Å². The summed E-state index contributed by atoms with van der Waals surface area (Å²) in [5.74, 6) is 0.189. The first kappa shape index (κ1) is 14.3. The van der Waals surface area contributed by atoms with Gasteiger partial charge in [-0.3, -0.25) is 4.79 Å². The van der Waals surface area contributed by atoms with Gasteiger partial charge < -0.3 is 0 Å². The molecule has 17 heavy (non-hydrogen) atoms. The van der Waals surface area contributed by atoms with Gasteiger partial charge in [-0.25, -0.2) is 4.98 Å². The maximum atomic E-state index is 11.8. The summed E-state index contributed by atoms with van der Waals surface area (Å²) in [5.41, 5.74) is 0.936. The van der Waals surface area contributed by atoms with Crippen LogP contribution in [0.3, 0.4) is 0 Å². The Hall–Kier alpha value is -0.740. The van der Waals surface area contributed by atoms with E-state index in [0.29, 0.717) is 11.4 Å². The first-order valence-corrected chi connectivity index (χ1v) is 6.51. The third-order valence-electron chi connectivity index (χ3n) is 2.54. The van der Waals surface area contributed by atoms with E-state index in [1.165, 1.54) is 11.3 Å². The number of aromatic nitrogens is 1. The minimum absolute atomic E-state index is 0. The van der Waals surface area contributed by atoms with E-state index in [1.54, 1.807) is 0 Å². The summed E-state index contributed by atoms with van der Waals surface area (Å²) in [6, 6.07) is 7.89. The fourth-order valence-corrected chi connectivity index (χ4v) is 2.57.